The molecule has 0 aromatic heterocycles. The van der Waals surface area contributed by atoms with Gasteiger partial charge in [0.25, 0.3) is 0 Å². The van der Waals surface area contributed by atoms with Gasteiger partial charge in [0.1, 0.15) is 6.10 Å². The molecule has 11 heteroatoms. The smallest absolute Gasteiger partial charge is 0.446 e. The summed E-state index contributed by atoms with van der Waals surface area (Å²) in [6.07, 6.45) is 8.69. The minimum absolute atomic E-state index is 0.00906. The molecule has 0 aliphatic heterocycles. The van der Waals surface area contributed by atoms with Gasteiger partial charge in [0, 0.05) is 45.4 Å². The Morgan fingerprint density at radius 3 is 2.18 bits per heavy atom. The molecule has 3 unspecified atom stereocenters. The summed E-state index contributed by atoms with van der Waals surface area (Å²) in [7, 11) is -2.75. The molecule has 0 bridgehead atoms. The van der Waals surface area contributed by atoms with Crippen LogP contribution in [0, 0.1) is 16.2 Å². The zero-order valence-electron chi connectivity index (χ0n) is 29.3. The van der Waals surface area contributed by atoms with Crippen molar-refractivity contribution in [2.45, 2.75) is 145 Å². The molecule has 1 rings (SSSR count). The van der Waals surface area contributed by atoms with Crippen LogP contribution in [0.25, 0.3) is 0 Å². The third-order valence-electron chi connectivity index (χ3n) is 8.38. The summed E-state index contributed by atoms with van der Waals surface area (Å²) < 4.78 is 23.8. The monoisotopic (exact) mass is 641 g/mol. The lowest BCUT2D eigenvalue weighted by molar-refractivity contribution is -0.122. The number of ether oxygens (including phenoxy) is 1. The number of nitrogens with one attached hydrogen (secondary N) is 2. The van der Waals surface area contributed by atoms with Crippen molar-refractivity contribution < 1.29 is 32.4 Å². The largest absolute Gasteiger partial charge is 0.500 e. The fraction of sp³-hybridized carbons (Fsp3) is 0.909. The van der Waals surface area contributed by atoms with E-state index in [-0.39, 0.29) is 40.7 Å². The maximum atomic E-state index is 12.9. The Kier molecular flexibility index (Phi) is 18.0. The fourth-order valence-corrected chi connectivity index (χ4v) is 9.53. The average Bonchev–Trinajstić information content (AvgIpc) is 2.92. The highest BCUT2D eigenvalue weighted by Gasteiger charge is 2.42. The van der Waals surface area contributed by atoms with Crippen molar-refractivity contribution in [3.05, 3.63) is 0 Å². The standard InChI is InChI=1S/C33H63N3O7Si/c1-10-14-15-16-28(43-30(39)35-25-33(9)22-27(36-26-37)21-32(7,8)23-33)17-18-29(38)34-24-31(5,6)19-20-44(40-11-2,41-12-3)42-13-4/h27-28H,10-25H2,1-9H3,(H,34,38)(H,35,39). The first-order chi connectivity index (χ1) is 20.7. The molecule has 0 aromatic carbocycles. The highest BCUT2D eigenvalue weighted by atomic mass is 28.4. The first-order valence-electron chi connectivity index (χ1n) is 16.9. The van der Waals surface area contributed by atoms with Crippen LogP contribution < -0.4 is 10.6 Å². The molecule has 10 nitrogen and oxygen atoms in total. The number of carbonyl (C=O) groups is 2. The molecule has 0 saturated heterocycles. The van der Waals surface area contributed by atoms with E-state index in [2.05, 4.69) is 57.2 Å². The van der Waals surface area contributed by atoms with Crippen molar-refractivity contribution in [3.63, 3.8) is 0 Å². The van der Waals surface area contributed by atoms with E-state index < -0.39 is 14.9 Å². The van der Waals surface area contributed by atoms with E-state index in [1.165, 1.54) is 0 Å². The van der Waals surface area contributed by atoms with Crippen molar-refractivity contribution in [1.82, 2.24) is 10.6 Å². The van der Waals surface area contributed by atoms with Crippen LogP contribution >= 0.6 is 0 Å². The van der Waals surface area contributed by atoms with Crippen LogP contribution in [-0.2, 0) is 27.6 Å². The van der Waals surface area contributed by atoms with Gasteiger partial charge in [-0.05, 0) is 82.0 Å². The Bertz CT molecular complexity index is 893. The molecule has 1 aliphatic carbocycles. The van der Waals surface area contributed by atoms with Gasteiger partial charge in [0.05, 0.1) is 6.04 Å². The zero-order chi connectivity index (χ0) is 33.3. The van der Waals surface area contributed by atoms with Gasteiger partial charge >= 0.3 is 14.9 Å². The lowest BCUT2D eigenvalue weighted by Crippen LogP contribution is -2.47. The third-order valence-corrected chi connectivity index (χ3v) is 11.4. The third kappa shape index (κ3) is 16.0. The Balaban J connectivity index is 2.66. The number of amides is 2. The Labute approximate surface area is 268 Å². The van der Waals surface area contributed by atoms with E-state index in [1.807, 2.05) is 20.8 Å². The molecule has 2 amide bonds. The zero-order valence-corrected chi connectivity index (χ0v) is 30.3. The van der Waals surface area contributed by atoms with Crippen molar-refractivity contribution in [3.8, 4) is 0 Å². The van der Waals surface area contributed by atoms with Gasteiger partial charge in [-0.15, -0.1) is 0 Å². The second kappa shape index (κ2) is 19.7. The lowest BCUT2D eigenvalue weighted by atomic mass is 9.63. The highest BCUT2D eigenvalue weighted by molar-refractivity contribution is 6.60. The van der Waals surface area contributed by atoms with E-state index in [1.54, 1.807) is 6.08 Å². The molecule has 0 aromatic rings. The number of alkyl carbamates (subject to hydrolysis) is 1. The molecule has 1 fully saturated rings. The summed E-state index contributed by atoms with van der Waals surface area (Å²) >= 11 is 0. The quantitative estimate of drug-likeness (QED) is 0.0568. The van der Waals surface area contributed by atoms with E-state index >= 15 is 0 Å². The minimum atomic E-state index is -2.75. The number of unbranched alkanes of at least 4 members (excludes halogenated alkanes) is 2. The number of nitrogens with zero attached hydrogens (tertiary/aromatic N) is 1. The van der Waals surface area contributed by atoms with Crippen LogP contribution in [0.1, 0.15) is 127 Å². The van der Waals surface area contributed by atoms with Gasteiger partial charge in [0.2, 0.25) is 12.0 Å². The van der Waals surface area contributed by atoms with Crippen LogP contribution in [0.15, 0.2) is 4.99 Å². The first-order valence-corrected chi connectivity index (χ1v) is 18.8. The molecule has 2 N–H and O–H groups in total. The normalized spacial score (nSPS) is 20.8. The summed E-state index contributed by atoms with van der Waals surface area (Å²) in [6.45, 7) is 21.3. The number of hydrogen-bond donors (Lipinski definition) is 2. The molecule has 1 saturated carbocycles. The van der Waals surface area contributed by atoms with Gasteiger partial charge in [-0.2, -0.15) is 0 Å². The molecule has 0 radical (unpaired) electrons. The topological polar surface area (TPSA) is 125 Å². The molecular weight excluding hydrogens is 578 g/mol. The van der Waals surface area contributed by atoms with E-state index in [0.717, 1.165) is 44.9 Å². The molecule has 0 spiro atoms. The molecular formula is C33H63N3O7Si. The molecule has 44 heavy (non-hydrogen) atoms. The predicted molar refractivity (Wildman–Crippen MR) is 176 cm³/mol. The van der Waals surface area contributed by atoms with E-state index in [9.17, 15) is 14.4 Å². The number of aliphatic imine (C=N–C) groups is 1. The van der Waals surface area contributed by atoms with Gasteiger partial charge in [-0.25, -0.2) is 14.6 Å². The van der Waals surface area contributed by atoms with Crippen LogP contribution in [0.3, 0.4) is 0 Å². The molecule has 3 atom stereocenters. The van der Waals surface area contributed by atoms with Crippen molar-refractivity contribution in [2.75, 3.05) is 32.9 Å². The Morgan fingerprint density at radius 2 is 1.61 bits per heavy atom. The summed E-state index contributed by atoms with van der Waals surface area (Å²) in [5.74, 6) is -0.0516. The van der Waals surface area contributed by atoms with Gasteiger partial charge in [-0.1, -0.05) is 54.4 Å². The second-order valence-corrected chi connectivity index (χ2v) is 17.0. The van der Waals surface area contributed by atoms with Crippen molar-refractivity contribution >= 4 is 26.9 Å². The first kappa shape index (κ1) is 40.2. The van der Waals surface area contributed by atoms with Crippen LogP contribution in [0.5, 0.6) is 0 Å². The summed E-state index contributed by atoms with van der Waals surface area (Å²) in [4.78, 5) is 40.7. The maximum absolute atomic E-state index is 12.9. The number of hydrogen-bond acceptors (Lipinski definition) is 8. The van der Waals surface area contributed by atoms with Crippen LogP contribution in [0.2, 0.25) is 6.04 Å². The fourth-order valence-electron chi connectivity index (χ4n) is 6.54. The number of carbonyl (C=O) groups excluding carboxylic acids is 3. The lowest BCUT2D eigenvalue weighted by Gasteiger charge is -2.45. The maximum Gasteiger partial charge on any atom is 0.500 e. The predicted octanol–water partition coefficient (Wildman–Crippen LogP) is 6.94. The average molecular weight is 642 g/mol. The van der Waals surface area contributed by atoms with Crippen LogP contribution in [0.4, 0.5) is 4.79 Å². The Hall–Kier alpha value is -1.78. The van der Waals surface area contributed by atoms with E-state index in [0.29, 0.717) is 51.8 Å². The van der Waals surface area contributed by atoms with E-state index in [4.69, 9.17) is 18.0 Å². The highest BCUT2D eigenvalue weighted by Crippen LogP contribution is 2.46. The SMILES string of the molecule is CCCCCC(CCC(=O)NCC(C)(C)CC[Si](OCC)(OCC)OCC)OC(=O)NCC1(C)CC(N=C=O)CC(C)(C)C1. The van der Waals surface area contributed by atoms with Crippen LogP contribution in [-0.4, -0.2) is 71.9 Å². The minimum Gasteiger partial charge on any atom is -0.446 e. The number of rotatable bonds is 22. The summed E-state index contributed by atoms with van der Waals surface area (Å²) in [6, 6.07) is 0.600. The van der Waals surface area contributed by atoms with Gasteiger partial charge in [-0.3, -0.25) is 4.79 Å². The molecule has 0 heterocycles. The Morgan fingerprint density at radius 1 is 0.977 bits per heavy atom. The molecule has 1 aliphatic rings. The van der Waals surface area contributed by atoms with Gasteiger partial charge < -0.3 is 28.6 Å². The van der Waals surface area contributed by atoms with Crippen molar-refractivity contribution in [2.24, 2.45) is 21.2 Å². The summed E-state index contributed by atoms with van der Waals surface area (Å²) in [5, 5.41) is 6.06. The summed E-state index contributed by atoms with van der Waals surface area (Å²) in [5.41, 5.74) is -0.364. The van der Waals surface area contributed by atoms with Gasteiger partial charge in [0.15, 0.2) is 0 Å². The molecule has 256 valence electrons. The second-order valence-electron chi connectivity index (χ2n) is 14.3. The number of isocyanates is 1. The van der Waals surface area contributed by atoms with Crippen molar-refractivity contribution in [1.29, 1.82) is 0 Å².